The van der Waals surface area contributed by atoms with Crippen LogP contribution in [0.4, 0.5) is 5.69 Å². The second kappa shape index (κ2) is 6.15. The lowest BCUT2D eigenvalue weighted by Crippen LogP contribution is -2.30. The number of aryl methyl sites for hydroxylation is 1. The number of nitrogens with one attached hydrogen (secondary N) is 1. The van der Waals surface area contributed by atoms with E-state index >= 15 is 0 Å². The number of benzene rings is 2. The van der Waals surface area contributed by atoms with Gasteiger partial charge in [-0.2, -0.15) is 0 Å². The van der Waals surface area contributed by atoms with Gasteiger partial charge in [0.2, 0.25) is 0 Å². The van der Waals surface area contributed by atoms with Gasteiger partial charge in [-0.05, 0) is 30.3 Å². The van der Waals surface area contributed by atoms with Crippen molar-refractivity contribution in [1.29, 1.82) is 0 Å². The molecule has 7 heteroatoms. The zero-order chi connectivity index (χ0) is 16.4. The van der Waals surface area contributed by atoms with Gasteiger partial charge < -0.3 is 4.57 Å². The predicted molar refractivity (Wildman–Crippen MR) is 89.5 cm³/mol. The number of carbonyl (C=O) groups excluding carboxylic acids is 2. The number of amides is 1. The minimum absolute atomic E-state index is 0.201. The summed E-state index contributed by atoms with van der Waals surface area (Å²) in [6.45, 7) is 0. The molecule has 0 aliphatic heterocycles. The van der Waals surface area contributed by atoms with Gasteiger partial charge in [0.15, 0.2) is 11.1 Å². The Kier molecular flexibility index (Phi) is 4.05. The largest absolute Gasteiger partial charge is 0.320 e. The Labute approximate surface area is 135 Å². The van der Waals surface area contributed by atoms with Crippen LogP contribution in [0.2, 0.25) is 0 Å². The quantitative estimate of drug-likeness (QED) is 0.333. The lowest BCUT2D eigenvalue weighted by atomic mass is 10.1. The third kappa shape index (κ3) is 2.79. The maximum absolute atomic E-state index is 11.8. The van der Waals surface area contributed by atoms with Crippen LogP contribution in [0.25, 0.3) is 10.2 Å². The lowest BCUT2D eigenvalue weighted by molar-refractivity contribution is 0.0948. The number of aldehydes is 1. The molecular weight excluding hydrogens is 312 g/mol. The van der Waals surface area contributed by atoms with E-state index in [1.165, 1.54) is 0 Å². The van der Waals surface area contributed by atoms with Crippen molar-refractivity contribution in [1.82, 2.24) is 9.99 Å². The normalized spacial score (nSPS) is 11.7. The number of rotatable bonds is 3. The van der Waals surface area contributed by atoms with Crippen molar-refractivity contribution in [2.75, 3.05) is 0 Å². The molecule has 0 aliphatic rings. The Balaban J connectivity index is 2.16. The SMILES string of the molecule is Cn1c(=Nc2ccc(C=O)c(C(=O)NN)c2)sc2ccccc21. The molecule has 0 saturated heterocycles. The molecule has 0 spiro atoms. The van der Waals surface area contributed by atoms with E-state index in [0.29, 0.717) is 12.0 Å². The summed E-state index contributed by atoms with van der Waals surface area (Å²) in [6.07, 6.45) is 0.619. The van der Waals surface area contributed by atoms with E-state index in [4.69, 9.17) is 5.84 Å². The summed E-state index contributed by atoms with van der Waals surface area (Å²) < 4.78 is 3.11. The van der Waals surface area contributed by atoms with Gasteiger partial charge in [0, 0.05) is 12.6 Å². The molecule has 0 atom stereocenters. The van der Waals surface area contributed by atoms with E-state index in [0.717, 1.165) is 15.0 Å². The standard InChI is InChI=1S/C16H14N4O2S/c1-20-13-4-2-3-5-14(13)23-16(20)18-11-7-6-10(9-21)12(8-11)15(22)19-17/h2-9H,17H2,1H3,(H,19,22). The van der Waals surface area contributed by atoms with E-state index in [2.05, 4.69) is 4.99 Å². The number of nitrogens with zero attached hydrogens (tertiary/aromatic N) is 2. The number of thiazole rings is 1. The average molecular weight is 326 g/mol. The van der Waals surface area contributed by atoms with Crippen LogP contribution in [0.3, 0.4) is 0 Å². The van der Waals surface area contributed by atoms with Crippen LogP contribution in [-0.2, 0) is 7.05 Å². The molecule has 2 aromatic carbocycles. The monoisotopic (exact) mass is 326 g/mol. The summed E-state index contributed by atoms with van der Waals surface area (Å²) in [5.74, 6) is 4.63. The Hall–Kier alpha value is -2.77. The molecule has 0 bridgehead atoms. The summed E-state index contributed by atoms with van der Waals surface area (Å²) in [6, 6.07) is 12.8. The summed E-state index contributed by atoms with van der Waals surface area (Å²) in [5, 5.41) is 0. The molecule has 3 rings (SSSR count). The van der Waals surface area contributed by atoms with Crippen molar-refractivity contribution in [2.24, 2.45) is 17.9 Å². The number of hydrogen-bond donors (Lipinski definition) is 2. The van der Waals surface area contributed by atoms with Crippen LogP contribution in [0.1, 0.15) is 20.7 Å². The third-order valence-corrected chi connectivity index (χ3v) is 4.59. The molecule has 0 aliphatic carbocycles. The Morgan fingerprint density at radius 3 is 2.78 bits per heavy atom. The van der Waals surface area contributed by atoms with Gasteiger partial charge in [0.1, 0.15) is 0 Å². The second-order valence-corrected chi connectivity index (χ2v) is 5.90. The van der Waals surface area contributed by atoms with Gasteiger partial charge in [-0.3, -0.25) is 15.0 Å². The highest BCUT2D eigenvalue weighted by molar-refractivity contribution is 7.16. The highest BCUT2D eigenvalue weighted by atomic mass is 32.1. The van der Waals surface area contributed by atoms with Crippen LogP contribution in [0.5, 0.6) is 0 Å². The van der Waals surface area contributed by atoms with Crippen LogP contribution in [0, 0.1) is 0 Å². The van der Waals surface area contributed by atoms with E-state index in [1.807, 2.05) is 41.3 Å². The highest BCUT2D eigenvalue weighted by Gasteiger charge is 2.11. The van der Waals surface area contributed by atoms with Gasteiger partial charge in [-0.25, -0.2) is 10.8 Å². The summed E-state index contributed by atoms with van der Waals surface area (Å²) >= 11 is 1.55. The number of fused-ring (bicyclic) bond motifs is 1. The zero-order valence-corrected chi connectivity index (χ0v) is 13.1. The highest BCUT2D eigenvalue weighted by Crippen LogP contribution is 2.19. The van der Waals surface area contributed by atoms with E-state index in [1.54, 1.807) is 29.5 Å². The molecule has 3 aromatic rings. The number of nitrogen functional groups attached to an aromatic ring is 1. The number of nitrogens with two attached hydrogens (primary N) is 1. The van der Waals surface area contributed by atoms with Gasteiger partial charge in [0.05, 0.1) is 21.5 Å². The smallest absolute Gasteiger partial charge is 0.265 e. The molecule has 1 heterocycles. The molecule has 3 N–H and O–H groups in total. The van der Waals surface area contributed by atoms with Crippen molar-refractivity contribution >= 4 is 39.4 Å². The van der Waals surface area contributed by atoms with Crippen LogP contribution in [-0.4, -0.2) is 16.8 Å². The number of carbonyl (C=O) groups is 2. The fourth-order valence-corrected chi connectivity index (χ4v) is 3.33. The topological polar surface area (TPSA) is 89.5 Å². The maximum Gasteiger partial charge on any atom is 0.265 e. The number of hydrogen-bond acceptors (Lipinski definition) is 5. The van der Waals surface area contributed by atoms with Gasteiger partial charge in [-0.15, -0.1) is 0 Å². The molecule has 0 saturated carbocycles. The summed E-state index contributed by atoms with van der Waals surface area (Å²) in [7, 11) is 1.94. The molecular formula is C16H14N4O2S. The Bertz CT molecular complexity index is 972. The lowest BCUT2D eigenvalue weighted by Gasteiger charge is -2.04. The van der Waals surface area contributed by atoms with Gasteiger partial charge >= 0.3 is 0 Å². The van der Waals surface area contributed by atoms with Crippen molar-refractivity contribution in [2.45, 2.75) is 0 Å². The number of hydrazine groups is 1. The predicted octanol–water partition coefficient (Wildman–Crippen LogP) is 1.89. The third-order valence-electron chi connectivity index (χ3n) is 3.48. The molecule has 0 radical (unpaired) electrons. The first-order chi connectivity index (χ1) is 11.1. The van der Waals surface area contributed by atoms with E-state index < -0.39 is 5.91 Å². The van der Waals surface area contributed by atoms with E-state index in [9.17, 15) is 9.59 Å². The number of para-hydroxylation sites is 1. The second-order valence-electron chi connectivity index (χ2n) is 4.89. The molecule has 116 valence electrons. The summed E-state index contributed by atoms with van der Waals surface area (Å²) in [4.78, 5) is 28.2. The first-order valence-corrected chi connectivity index (χ1v) is 7.65. The fraction of sp³-hybridized carbons (Fsp3) is 0.0625. The first kappa shape index (κ1) is 15.1. The molecule has 1 aromatic heterocycles. The van der Waals surface area contributed by atoms with Crippen molar-refractivity contribution in [3.8, 4) is 0 Å². The zero-order valence-electron chi connectivity index (χ0n) is 12.3. The average Bonchev–Trinajstić information content (AvgIpc) is 2.90. The Morgan fingerprint density at radius 2 is 2.09 bits per heavy atom. The van der Waals surface area contributed by atoms with Crippen molar-refractivity contribution < 1.29 is 9.59 Å². The summed E-state index contributed by atoms with van der Waals surface area (Å²) in [5.41, 5.74) is 4.17. The fourth-order valence-electron chi connectivity index (χ4n) is 2.29. The van der Waals surface area contributed by atoms with E-state index in [-0.39, 0.29) is 11.1 Å². The van der Waals surface area contributed by atoms with Crippen molar-refractivity contribution in [3.63, 3.8) is 0 Å². The number of aromatic nitrogens is 1. The van der Waals surface area contributed by atoms with Gasteiger partial charge in [0.25, 0.3) is 5.91 Å². The van der Waals surface area contributed by atoms with Gasteiger partial charge in [-0.1, -0.05) is 23.5 Å². The molecule has 6 nitrogen and oxygen atoms in total. The minimum atomic E-state index is -0.523. The minimum Gasteiger partial charge on any atom is -0.320 e. The van der Waals surface area contributed by atoms with Crippen LogP contribution < -0.4 is 16.1 Å². The molecule has 23 heavy (non-hydrogen) atoms. The Morgan fingerprint density at radius 1 is 1.30 bits per heavy atom. The molecule has 0 fully saturated rings. The van der Waals surface area contributed by atoms with Crippen LogP contribution in [0.15, 0.2) is 47.5 Å². The maximum atomic E-state index is 11.8. The molecule has 1 amide bonds. The van der Waals surface area contributed by atoms with Crippen LogP contribution >= 0.6 is 11.3 Å². The first-order valence-electron chi connectivity index (χ1n) is 6.83. The van der Waals surface area contributed by atoms with Crippen molar-refractivity contribution in [3.05, 3.63) is 58.4 Å². The molecule has 0 unspecified atom stereocenters.